The maximum atomic E-state index is 12.2. The van der Waals surface area contributed by atoms with Gasteiger partial charge in [-0.3, -0.25) is 4.79 Å². The van der Waals surface area contributed by atoms with Gasteiger partial charge in [0.25, 0.3) is 0 Å². The average molecular weight is 313 g/mol. The molecule has 0 bridgehead atoms. The van der Waals surface area contributed by atoms with E-state index >= 15 is 0 Å². The third-order valence-electron chi connectivity index (χ3n) is 3.52. The zero-order valence-corrected chi connectivity index (χ0v) is 13.1. The Balaban J connectivity index is 2.31. The topological polar surface area (TPSA) is 48.3 Å². The minimum absolute atomic E-state index is 0.175. The number of hydrogen-bond donors (Lipinski definition) is 0. The second kappa shape index (κ2) is 5.77. The summed E-state index contributed by atoms with van der Waals surface area (Å²) in [5.41, 5.74) is 1.48. The van der Waals surface area contributed by atoms with E-state index in [0.29, 0.717) is 10.6 Å². The lowest BCUT2D eigenvalue weighted by molar-refractivity contribution is 0.0532. The third kappa shape index (κ3) is 2.33. The van der Waals surface area contributed by atoms with Crippen LogP contribution in [0.15, 0.2) is 47.3 Å². The van der Waals surface area contributed by atoms with Gasteiger partial charge in [-0.15, -0.1) is 0 Å². The maximum absolute atomic E-state index is 12.2. The molecule has 0 saturated heterocycles. The SMILES string of the molecule is CCOC(=O)c1sc(=O)n(C)c1-c1cccc2ccccc12. The van der Waals surface area contributed by atoms with E-state index in [9.17, 15) is 9.59 Å². The summed E-state index contributed by atoms with van der Waals surface area (Å²) in [5.74, 6) is -0.451. The molecule has 0 fully saturated rings. The highest BCUT2D eigenvalue weighted by Gasteiger charge is 2.22. The van der Waals surface area contributed by atoms with Gasteiger partial charge in [0.05, 0.1) is 12.3 Å². The Morgan fingerprint density at radius 1 is 1.18 bits per heavy atom. The van der Waals surface area contributed by atoms with Crippen LogP contribution >= 0.6 is 11.3 Å². The van der Waals surface area contributed by atoms with Crippen LogP contribution in [0.1, 0.15) is 16.6 Å². The van der Waals surface area contributed by atoms with E-state index in [-0.39, 0.29) is 11.5 Å². The fraction of sp³-hybridized carbons (Fsp3) is 0.176. The van der Waals surface area contributed by atoms with Gasteiger partial charge in [-0.2, -0.15) is 0 Å². The molecule has 5 heteroatoms. The molecule has 0 aliphatic rings. The summed E-state index contributed by atoms with van der Waals surface area (Å²) >= 11 is 0.925. The predicted octanol–water partition coefficient (Wildman–Crippen LogP) is 3.44. The largest absolute Gasteiger partial charge is 0.462 e. The summed E-state index contributed by atoms with van der Waals surface area (Å²) in [4.78, 5) is 24.4. The molecule has 3 rings (SSSR count). The quantitative estimate of drug-likeness (QED) is 0.696. The van der Waals surface area contributed by atoms with Crippen molar-refractivity contribution >= 4 is 28.1 Å². The van der Waals surface area contributed by atoms with Gasteiger partial charge < -0.3 is 9.30 Å². The highest BCUT2D eigenvalue weighted by atomic mass is 32.1. The lowest BCUT2D eigenvalue weighted by Crippen LogP contribution is -2.10. The van der Waals surface area contributed by atoms with Crippen molar-refractivity contribution in [2.75, 3.05) is 6.61 Å². The van der Waals surface area contributed by atoms with Gasteiger partial charge in [0.2, 0.25) is 0 Å². The molecule has 2 aromatic carbocycles. The van der Waals surface area contributed by atoms with Crippen LogP contribution in [0.4, 0.5) is 0 Å². The molecule has 0 amide bonds. The Morgan fingerprint density at radius 2 is 1.91 bits per heavy atom. The van der Waals surface area contributed by atoms with Crippen LogP contribution in [0, 0.1) is 0 Å². The van der Waals surface area contributed by atoms with Crippen LogP contribution < -0.4 is 4.87 Å². The van der Waals surface area contributed by atoms with Gasteiger partial charge in [-0.25, -0.2) is 4.79 Å². The van der Waals surface area contributed by atoms with Crippen molar-refractivity contribution in [3.8, 4) is 11.3 Å². The standard InChI is InChI=1S/C17H15NO3S/c1-3-21-16(19)15-14(18(2)17(20)22-15)13-10-6-8-11-7-4-5-9-12(11)13/h4-10H,3H2,1-2H3. The van der Waals surface area contributed by atoms with Crippen LogP contribution in [-0.2, 0) is 11.8 Å². The van der Waals surface area contributed by atoms with Gasteiger partial charge in [-0.1, -0.05) is 53.8 Å². The van der Waals surface area contributed by atoms with E-state index in [4.69, 9.17) is 4.74 Å². The summed E-state index contributed by atoms with van der Waals surface area (Å²) in [6.45, 7) is 2.03. The molecule has 112 valence electrons. The van der Waals surface area contributed by atoms with Crippen molar-refractivity contribution in [1.82, 2.24) is 4.57 Å². The van der Waals surface area contributed by atoms with Gasteiger partial charge in [0, 0.05) is 12.6 Å². The van der Waals surface area contributed by atoms with Gasteiger partial charge in [0.15, 0.2) is 0 Å². The van der Waals surface area contributed by atoms with Crippen molar-refractivity contribution in [3.05, 3.63) is 57.0 Å². The van der Waals surface area contributed by atoms with Crippen molar-refractivity contribution in [1.29, 1.82) is 0 Å². The van der Waals surface area contributed by atoms with Crippen LogP contribution in [0.2, 0.25) is 0 Å². The first-order valence-corrected chi connectivity index (χ1v) is 7.80. The minimum atomic E-state index is -0.451. The molecule has 3 aromatic rings. The summed E-state index contributed by atoms with van der Waals surface area (Å²) in [6.07, 6.45) is 0. The second-order valence-corrected chi connectivity index (χ2v) is 5.81. The average Bonchev–Trinajstić information content (AvgIpc) is 2.83. The smallest absolute Gasteiger partial charge is 0.350 e. The number of fused-ring (bicyclic) bond motifs is 1. The Bertz CT molecular complexity index is 902. The fourth-order valence-electron chi connectivity index (χ4n) is 2.52. The molecular weight excluding hydrogens is 298 g/mol. The first kappa shape index (κ1) is 14.5. The Kier molecular flexibility index (Phi) is 3.81. The molecule has 0 spiro atoms. The molecule has 0 aliphatic carbocycles. The summed E-state index contributed by atoms with van der Waals surface area (Å²) < 4.78 is 6.60. The Labute approximate surface area is 131 Å². The molecule has 0 atom stereocenters. The molecule has 0 radical (unpaired) electrons. The van der Waals surface area contributed by atoms with E-state index in [1.807, 2.05) is 42.5 Å². The predicted molar refractivity (Wildman–Crippen MR) is 88.5 cm³/mol. The van der Waals surface area contributed by atoms with Crippen LogP contribution in [-0.4, -0.2) is 17.1 Å². The van der Waals surface area contributed by atoms with E-state index in [0.717, 1.165) is 27.7 Å². The monoisotopic (exact) mass is 313 g/mol. The zero-order valence-electron chi connectivity index (χ0n) is 12.3. The maximum Gasteiger partial charge on any atom is 0.350 e. The molecule has 0 unspecified atom stereocenters. The lowest BCUT2D eigenvalue weighted by atomic mass is 10.0. The number of rotatable bonds is 3. The first-order valence-electron chi connectivity index (χ1n) is 6.98. The molecule has 0 aliphatic heterocycles. The summed E-state index contributed by atoms with van der Waals surface area (Å²) in [6, 6.07) is 13.8. The van der Waals surface area contributed by atoms with Crippen molar-refractivity contribution in [2.45, 2.75) is 6.92 Å². The van der Waals surface area contributed by atoms with Gasteiger partial charge in [-0.05, 0) is 17.7 Å². The second-order valence-electron chi connectivity index (χ2n) is 4.85. The van der Waals surface area contributed by atoms with Crippen LogP contribution in [0.3, 0.4) is 0 Å². The highest BCUT2D eigenvalue weighted by Crippen LogP contribution is 2.32. The number of nitrogens with zero attached hydrogens (tertiary/aromatic N) is 1. The Hall–Kier alpha value is -2.40. The van der Waals surface area contributed by atoms with Crippen molar-refractivity contribution in [3.63, 3.8) is 0 Å². The van der Waals surface area contributed by atoms with Crippen molar-refractivity contribution in [2.24, 2.45) is 7.05 Å². The van der Waals surface area contributed by atoms with Crippen LogP contribution in [0.25, 0.3) is 22.0 Å². The number of esters is 1. The number of benzene rings is 2. The number of hydrogen-bond acceptors (Lipinski definition) is 4. The first-order chi connectivity index (χ1) is 10.6. The normalized spacial score (nSPS) is 10.8. The highest BCUT2D eigenvalue weighted by molar-refractivity contribution is 7.11. The summed E-state index contributed by atoms with van der Waals surface area (Å²) in [7, 11) is 1.68. The van der Waals surface area contributed by atoms with Crippen molar-refractivity contribution < 1.29 is 9.53 Å². The fourth-order valence-corrected chi connectivity index (χ4v) is 3.41. The molecule has 0 N–H and O–H groups in total. The van der Waals surface area contributed by atoms with E-state index in [1.54, 1.807) is 14.0 Å². The molecule has 1 heterocycles. The molecular formula is C17H15NO3S. The van der Waals surface area contributed by atoms with Gasteiger partial charge in [0.1, 0.15) is 4.88 Å². The number of carbonyl (C=O) groups is 1. The molecule has 1 aromatic heterocycles. The number of ether oxygens (including phenoxy) is 1. The molecule has 22 heavy (non-hydrogen) atoms. The van der Waals surface area contributed by atoms with Gasteiger partial charge >= 0.3 is 10.8 Å². The van der Waals surface area contributed by atoms with E-state index in [2.05, 4.69) is 0 Å². The number of aromatic nitrogens is 1. The van der Waals surface area contributed by atoms with E-state index < -0.39 is 5.97 Å². The summed E-state index contributed by atoms with van der Waals surface area (Å²) in [5, 5.41) is 2.07. The van der Waals surface area contributed by atoms with Crippen LogP contribution in [0.5, 0.6) is 0 Å². The minimum Gasteiger partial charge on any atom is -0.462 e. The third-order valence-corrected chi connectivity index (χ3v) is 4.53. The Morgan fingerprint density at radius 3 is 2.68 bits per heavy atom. The van der Waals surface area contributed by atoms with E-state index in [1.165, 1.54) is 4.57 Å². The number of carbonyl (C=O) groups excluding carboxylic acids is 1. The lowest BCUT2D eigenvalue weighted by Gasteiger charge is -2.09. The molecule has 0 saturated carbocycles. The zero-order chi connectivity index (χ0) is 15.7. The number of thiazole rings is 1. The molecule has 4 nitrogen and oxygen atoms in total.